The number of benzene rings is 1. The van der Waals surface area contributed by atoms with Crippen LogP contribution in [0.15, 0.2) is 41.6 Å². The second-order valence-corrected chi connectivity index (χ2v) is 9.74. The van der Waals surface area contributed by atoms with E-state index >= 15 is 0 Å². The Morgan fingerprint density at radius 1 is 1.26 bits per heavy atom. The molecule has 0 bridgehead atoms. The molecule has 0 N–H and O–H groups in total. The van der Waals surface area contributed by atoms with E-state index in [2.05, 4.69) is 9.97 Å². The van der Waals surface area contributed by atoms with Crippen molar-refractivity contribution in [2.75, 3.05) is 23.8 Å². The first-order valence-electron chi connectivity index (χ1n) is 8.92. The van der Waals surface area contributed by atoms with Gasteiger partial charge in [0.2, 0.25) is 5.91 Å². The number of hydrogen-bond donors (Lipinski definition) is 0. The van der Waals surface area contributed by atoms with E-state index < -0.39 is 9.84 Å². The molecule has 144 valence electrons. The molecule has 1 saturated heterocycles. The number of amides is 1. The smallest absolute Gasteiger partial charge is 0.233 e. The summed E-state index contributed by atoms with van der Waals surface area (Å²) in [6.07, 6.45) is 0.520. The summed E-state index contributed by atoms with van der Waals surface area (Å²) in [6, 6.07) is 11.5. The first kappa shape index (κ1) is 19.8. The average Bonchev–Trinajstić information content (AvgIpc) is 3.00. The van der Waals surface area contributed by atoms with E-state index in [9.17, 15) is 13.2 Å². The molecule has 8 heteroatoms. The predicted octanol–water partition coefficient (Wildman–Crippen LogP) is 2.58. The maximum Gasteiger partial charge on any atom is 0.233 e. The minimum atomic E-state index is -3.02. The van der Waals surface area contributed by atoms with Crippen molar-refractivity contribution in [1.82, 2.24) is 14.9 Å². The molecule has 0 radical (unpaired) electrons. The Hall–Kier alpha value is -1.93. The molecule has 1 aliphatic heterocycles. The molecule has 3 rings (SSSR count). The summed E-state index contributed by atoms with van der Waals surface area (Å²) in [5, 5.41) is 0.553. The Morgan fingerprint density at radius 3 is 2.63 bits per heavy atom. The van der Waals surface area contributed by atoms with Gasteiger partial charge in [0.1, 0.15) is 0 Å². The van der Waals surface area contributed by atoms with Crippen LogP contribution in [0.2, 0.25) is 0 Å². The Morgan fingerprint density at radius 2 is 2.00 bits per heavy atom. The molecular weight excluding hydrogens is 382 g/mol. The van der Waals surface area contributed by atoms with E-state index in [1.165, 1.54) is 11.8 Å². The van der Waals surface area contributed by atoms with E-state index in [0.29, 0.717) is 18.1 Å². The summed E-state index contributed by atoms with van der Waals surface area (Å²) >= 11 is 1.29. The predicted molar refractivity (Wildman–Crippen MR) is 107 cm³/mol. The van der Waals surface area contributed by atoms with E-state index in [1.54, 1.807) is 4.90 Å². The molecule has 2 aromatic rings. The molecule has 0 saturated carbocycles. The lowest BCUT2D eigenvalue weighted by Gasteiger charge is -2.26. The number of aromatic nitrogens is 2. The quantitative estimate of drug-likeness (QED) is 0.543. The lowest BCUT2D eigenvalue weighted by molar-refractivity contribution is -0.129. The Bertz CT molecular complexity index is 917. The summed E-state index contributed by atoms with van der Waals surface area (Å²) < 4.78 is 23.4. The number of sulfone groups is 1. The van der Waals surface area contributed by atoms with Crippen LogP contribution in [0.3, 0.4) is 0 Å². The van der Waals surface area contributed by atoms with Gasteiger partial charge in [0.15, 0.2) is 15.0 Å². The van der Waals surface area contributed by atoms with Crippen LogP contribution in [-0.4, -0.2) is 59.0 Å². The van der Waals surface area contributed by atoms with Crippen molar-refractivity contribution in [2.24, 2.45) is 0 Å². The number of aryl methyl sites for hydroxylation is 1. The highest BCUT2D eigenvalue weighted by Crippen LogP contribution is 2.23. The van der Waals surface area contributed by atoms with Crippen LogP contribution in [0.1, 0.15) is 19.0 Å². The number of carbonyl (C=O) groups is 1. The van der Waals surface area contributed by atoms with Crippen molar-refractivity contribution in [1.29, 1.82) is 0 Å². The summed E-state index contributed by atoms with van der Waals surface area (Å²) in [5.41, 5.74) is 2.67. The van der Waals surface area contributed by atoms with Crippen LogP contribution < -0.4 is 0 Å². The summed E-state index contributed by atoms with van der Waals surface area (Å²) in [5.74, 6) is 0.352. The maximum atomic E-state index is 12.6. The lowest BCUT2D eigenvalue weighted by Crippen LogP contribution is -2.41. The number of thioether (sulfide) groups is 1. The zero-order valence-electron chi connectivity index (χ0n) is 15.5. The van der Waals surface area contributed by atoms with Crippen molar-refractivity contribution in [2.45, 2.75) is 31.5 Å². The fraction of sp³-hybridized carbons (Fsp3) is 0.421. The third-order valence-electron chi connectivity index (χ3n) is 4.54. The third-order valence-corrected chi connectivity index (χ3v) is 7.12. The molecule has 6 nitrogen and oxygen atoms in total. The van der Waals surface area contributed by atoms with Gasteiger partial charge in [0, 0.05) is 23.8 Å². The van der Waals surface area contributed by atoms with Gasteiger partial charge in [0.25, 0.3) is 0 Å². The van der Waals surface area contributed by atoms with E-state index in [0.717, 1.165) is 17.0 Å². The summed E-state index contributed by atoms with van der Waals surface area (Å²) in [4.78, 5) is 23.3. The fourth-order valence-electron chi connectivity index (χ4n) is 3.23. The van der Waals surface area contributed by atoms with Crippen LogP contribution in [0.4, 0.5) is 0 Å². The van der Waals surface area contributed by atoms with Gasteiger partial charge in [0.05, 0.1) is 23.0 Å². The highest BCUT2D eigenvalue weighted by atomic mass is 32.2. The molecule has 1 aromatic carbocycles. The van der Waals surface area contributed by atoms with E-state index in [-0.39, 0.29) is 29.2 Å². The van der Waals surface area contributed by atoms with Crippen LogP contribution >= 0.6 is 11.8 Å². The van der Waals surface area contributed by atoms with Crippen LogP contribution in [0, 0.1) is 6.92 Å². The number of hydrogen-bond acceptors (Lipinski definition) is 6. The standard InChI is InChI=1S/C19H23N3O3S2/c1-3-22(16-9-10-27(24,25)13-16)18(23)12-26-19-20-14(2)11-17(21-19)15-7-5-4-6-8-15/h4-8,11,16H,3,9-10,12-13H2,1-2H3/t16-/m0/s1. The number of nitrogens with zero attached hydrogens (tertiary/aromatic N) is 3. The van der Waals surface area contributed by atoms with Crippen molar-refractivity contribution >= 4 is 27.5 Å². The van der Waals surface area contributed by atoms with Gasteiger partial charge in [-0.2, -0.15) is 0 Å². The van der Waals surface area contributed by atoms with Crippen molar-refractivity contribution in [3.8, 4) is 11.3 Å². The third kappa shape index (κ3) is 5.07. The highest BCUT2D eigenvalue weighted by molar-refractivity contribution is 7.99. The second-order valence-electron chi connectivity index (χ2n) is 6.57. The first-order chi connectivity index (χ1) is 12.9. The Labute approximate surface area is 164 Å². The first-order valence-corrected chi connectivity index (χ1v) is 11.7. The SMILES string of the molecule is CCN(C(=O)CSc1nc(C)cc(-c2ccccc2)n1)[C@H]1CCS(=O)(=O)C1. The number of carbonyl (C=O) groups excluding carboxylic acids is 1. The fourth-order valence-corrected chi connectivity index (χ4v) is 5.75. The largest absolute Gasteiger partial charge is 0.338 e. The zero-order chi connectivity index (χ0) is 19.4. The molecule has 0 unspecified atom stereocenters. The van der Waals surface area contributed by atoms with E-state index in [1.807, 2.05) is 50.2 Å². The van der Waals surface area contributed by atoms with Crippen molar-refractivity contribution in [3.05, 3.63) is 42.1 Å². The Balaban J connectivity index is 1.69. The summed E-state index contributed by atoms with van der Waals surface area (Å²) in [6.45, 7) is 4.29. The summed E-state index contributed by atoms with van der Waals surface area (Å²) in [7, 11) is -3.02. The minimum Gasteiger partial charge on any atom is -0.338 e. The van der Waals surface area contributed by atoms with Crippen molar-refractivity contribution < 1.29 is 13.2 Å². The van der Waals surface area contributed by atoms with Gasteiger partial charge in [-0.1, -0.05) is 42.1 Å². The van der Waals surface area contributed by atoms with Crippen LogP contribution in [0.25, 0.3) is 11.3 Å². The molecule has 2 heterocycles. The molecule has 0 spiro atoms. The number of rotatable bonds is 6. The molecule has 1 fully saturated rings. The molecule has 1 amide bonds. The molecule has 1 aromatic heterocycles. The van der Waals surface area contributed by atoms with Gasteiger partial charge in [-0.3, -0.25) is 4.79 Å². The Kier molecular flexibility index (Phi) is 6.16. The maximum absolute atomic E-state index is 12.6. The zero-order valence-corrected chi connectivity index (χ0v) is 17.1. The minimum absolute atomic E-state index is 0.0658. The van der Waals surface area contributed by atoms with E-state index in [4.69, 9.17) is 0 Å². The highest BCUT2D eigenvalue weighted by Gasteiger charge is 2.33. The van der Waals surface area contributed by atoms with Gasteiger partial charge in [-0.25, -0.2) is 18.4 Å². The van der Waals surface area contributed by atoms with Gasteiger partial charge >= 0.3 is 0 Å². The normalized spacial score (nSPS) is 18.4. The van der Waals surface area contributed by atoms with Gasteiger partial charge < -0.3 is 4.90 Å². The lowest BCUT2D eigenvalue weighted by atomic mass is 10.1. The van der Waals surface area contributed by atoms with Crippen molar-refractivity contribution in [3.63, 3.8) is 0 Å². The van der Waals surface area contributed by atoms with Gasteiger partial charge in [-0.15, -0.1) is 0 Å². The molecule has 1 atom stereocenters. The monoisotopic (exact) mass is 405 g/mol. The molecule has 1 aliphatic rings. The second kappa shape index (κ2) is 8.39. The molecular formula is C19H23N3O3S2. The van der Waals surface area contributed by atoms with Crippen LogP contribution in [-0.2, 0) is 14.6 Å². The van der Waals surface area contributed by atoms with Gasteiger partial charge in [-0.05, 0) is 26.3 Å². The van der Waals surface area contributed by atoms with Crippen LogP contribution in [0.5, 0.6) is 0 Å². The molecule has 0 aliphatic carbocycles. The molecule has 27 heavy (non-hydrogen) atoms. The average molecular weight is 406 g/mol. The topological polar surface area (TPSA) is 80.2 Å².